The van der Waals surface area contributed by atoms with Crippen molar-refractivity contribution in [3.8, 4) is 0 Å². The molecule has 0 unspecified atom stereocenters. The molecule has 3 heteroatoms. The number of rotatable bonds is 2. The highest BCUT2D eigenvalue weighted by Gasteiger charge is 2.60. The molecule has 2 aliphatic rings. The lowest BCUT2D eigenvalue weighted by Gasteiger charge is -2.22. The Hall–Kier alpha value is -0.570. The minimum Gasteiger partial charge on any atom is -0.466 e. The molecule has 0 amide bonds. The van der Waals surface area contributed by atoms with Crippen LogP contribution in [-0.2, 0) is 14.3 Å². The van der Waals surface area contributed by atoms with E-state index in [-0.39, 0.29) is 17.5 Å². The number of carbonyl (C=O) groups excluding carboxylic acids is 1. The van der Waals surface area contributed by atoms with Gasteiger partial charge in [0.05, 0.1) is 18.1 Å². The van der Waals surface area contributed by atoms with Gasteiger partial charge < -0.3 is 9.47 Å². The molecule has 1 spiro atoms. The SMILES string of the molecule is CCOC(=O)[C@H]1C[C@@]12CCCCO2. The summed E-state index contributed by atoms with van der Waals surface area (Å²) < 4.78 is 10.6. The molecule has 0 aromatic heterocycles. The first-order valence-corrected chi connectivity index (χ1v) is 5.09. The molecule has 0 aromatic rings. The van der Waals surface area contributed by atoms with E-state index in [1.807, 2.05) is 6.92 Å². The van der Waals surface area contributed by atoms with Crippen LogP contribution in [0.5, 0.6) is 0 Å². The monoisotopic (exact) mass is 184 g/mol. The fourth-order valence-electron chi connectivity index (χ4n) is 2.14. The first-order chi connectivity index (χ1) is 6.28. The van der Waals surface area contributed by atoms with Crippen molar-refractivity contribution < 1.29 is 14.3 Å². The van der Waals surface area contributed by atoms with Crippen LogP contribution in [0.15, 0.2) is 0 Å². The number of ether oxygens (including phenoxy) is 2. The third-order valence-corrected chi connectivity index (χ3v) is 2.98. The molecule has 0 N–H and O–H groups in total. The van der Waals surface area contributed by atoms with Crippen molar-refractivity contribution in [1.29, 1.82) is 0 Å². The molecule has 1 aliphatic carbocycles. The molecule has 1 saturated carbocycles. The minimum absolute atomic E-state index is 0.0350. The Balaban J connectivity index is 1.88. The van der Waals surface area contributed by atoms with Crippen LogP contribution in [0.1, 0.15) is 32.6 Å². The van der Waals surface area contributed by atoms with Crippen molar-refractivity contribution in [3.63, 3.8) is 0 Å². The summed E-state index contributed by atoms with van der Waals surface area (Å²) in [4.78, 5) is 11.4. The van der Waals surface area contributed by atoms with Crippen molar-refractivity contribution >= 4 is 5.97 Å². The molecule has 3 nitrogen and oxygen atoms in total. The molecular formula is C10H16O3. The molecule has 2 rings (SSSR count). The lowest BCUT2D eigenvalue weighted by Crippen LogP contribution is -2.26. The van der Waals surface area contributed by atoms with E-state index in [1.165, 1.54) is 6.42 Å². The standard InChI is InChI=1S/C10H16O3/c1-2-12-9(11)8-7-10(8)5-3-4-6-13-10/h8H,2-7H2,1H3/t8-,10+/m1/s1. The Labute approximate surface area is 78.4 Å². The highest BCUT2D eigenvalue weighted by molar-refractivity contribution is 5.77. The van der Waals surface area contributed by atoms with Gasteiger partial charge in [-0.2, -0.15) is 0 Å². The van der Waals surface area contributed by atoms with Crippen LogP contribution in [0.4, 0.5) is 0 Å². The average molecular weight is 184 g/mol. The van der Waals surface area contributed by atoms with Crippen molar-refractivity contribution in [2.24, 2.45) is 5.92 Å². The third kappa shape index (κ3) is 1.57. The molecule has 2 atom stereocenters. The Bertz CT molecular complexity index is 206. The zero-order valence-corrected chi connectivity index (χ0v) is 8.04. The van der Waals surface area contributed by atoms with Gasteiger partial charge in [0, 0.05) is 6.61 Å². The second kappa shape index (κ2) is 3.29. The predicted octanol–water partition coefficient (Wildman–Crippen LogP) is 1.51. The Morgan fingerprint density at radius 1 is 1.62 bits per heavy atom. The van der Waals surface area contributed by atoms with E-state index in [0.717, 1.165) is 25.9 Å². The molecule has 1 aliphatic heterocycles. The van der Waals surface area contributed by atoms with Crippen molar-refractivity contribution in [2.75, 3.05) is 13.2 Å². The summed E-state index contributed by atoms with van der Waals surface area (Å²) in [7, 11) is 0. The van der Waals surface area contributed by atoms with Crippen LogP contribution in [0.3, 0.4) is 0 Å². The van der Waals surface area contributed by atoms with Gasteiger partial charge in [-0.05, 0) is 32.6 Å². The summed E-state index contributed by atoms with van der Waals surface area (Å²) in [6.45, 7) is 3.13. The van der Waals surface area contributed by atoms with Crippen LogP contribution in [0, 0.1) is 5.92 Å². The molecule has 74 valence electrons. The summed E-state index contributed by atoms with van der Waals surface area (Å²) in [6.07, 6.45) is 4.25. The average Bonchev–Trinajstić information content (AvgIpc) is 2.81. The van der Waals surface area contributed by atoms with Gasteiger partial charge in [0.2, 0.25) is 0 Å². The Kier molecular flexibility index (Phi) is 2.28. The number of hydrogen-bond acceptors (Lipinski definition) is 3. The van der Waals surface area contributed by atoms with Gasteiger partial charge in [0.25, 0.3) is 0 Å². The van der Waals surface area contributed by atoms with Gasteiger partial charge in [-0.15, -0.1) is 0 Å². The first kappa shape index (κ1) is 9.00. The number of carbonyl (C=O) groups is 1. The van der Waals surface area contributed by atoms with Crippen molar-refractivity contribution in [3.05, 3.63) is 0 Å². The van der Waals surface area contributed by atoms with Gasteiger partial charge in [-0.3, -0.25) is 4.79 Å². The van der Waals surface area contributed by atoms with Gasteiger partial charge >= 0.3 is 5.97 Å². The molecule has 13 heavy (non-hydrogen) atoms. The summed E-state index contributed by atoms with van der Waals surface area (Å²) >= 11 is 0. The maximum absolute atomic E-state index is 11.4. The predicted molar refractivity (Wildman–Crippen MR) is 47.3 cm³/mol. The van der Waals surface area contributed by atoms with Crippen LogP contribution in [0.25, 0.3) is 0 Å². The third-order valence-electron chi connectivity index (χ3n) is 2.98. The summed E-state index contributed by atoms with van der Waals surface area (Å²) in [6, 6.07) is 0. The van der Waals surface area contributed by atoms with Crippen molar-refractivity contribution in [1.82, 2.24) is 0 Å². The lowest BCUT2D eigenvalue weighted by atomic mass is 10.1. The molecule has 0 radical (unpaired) electrons. The zero-order valence-electron chi connectivity index (χ0n) is 8.04. The molecule has 1 saturated heterocycles. The second-order valence-corrected chi connectivity index (χ2v) is 3.88. The van der Waals surface area contributed by atoms with Crippen LogP contribution in [-0.4, -0.2) is 24.8 Å². The van der Waals surface area contributed by atoms with Gasteiger partial charge in [-0.25, -0.2) is 0 Å². The zero-order chi connectivity index (χ0) is 9.31. The quantitative estimate of drug-likeness (QED) is 0.610. The minimum atomic E-state index is -0.107. The van der Waals surface area contributed by atoms with Gasteiger partial charge in [0.15, 0.2) is 0 Å². The topological polar surface area (TPSA) is 35.5 Å². The molecule has 1 heterocycles. The molecular weight excluding hydrogens is 168 g/mol. The number of hydrogen-bond donors (Lipinski definition) is 0. The van der Waals surface area contributed by atoms with E-state index >= 15 is 0 Å². The normalized spacial score (nSPS) is 37.5. The van der Waals surface area contributed by atoms with E-state index in [2.05, 4.69) is 0 Å². The van der Waals surface area contributed by atoms with Crippen LogP contribution < -0.4 is 0 Å². The van der Waals surface area contributed by atoms with E-state index in [1.54, 1.807) is 0 Å². The van der Waals surface area contributed by atoms with Gasteiger partial charge in [-0.1, -0.05) is 0 Å². The number of esters is 1. The smallest absolute Gasteiger partial charge is 0.311 e. The fourth-order valence-corrected chi connectivity index (χ4v) is 2.14. The summed E-state index contributed by atoms with van der Waals surface area (Å²) in [5, 5.41) is 0. The van der Waals surface area contributed by atoms with Crippen LogP contribution >= 0.6 is 0 Å². The summed E-state index contributed by atoms with van der Waals surface area (Å²) in [5.41, 5.74) is -0.107. The van der Waals surface area contributed by atoms with E-state index in [9.17, 15) is 4.79 Å². The highest BCUT2D eigenvalue weighted by Crippen LogP contribution is 2.52. The van der Waals surface area contributed by atoms with Crippen molar-refractivity contribution in [2.45, 2.75) is 38.2 Å². The summed E-state index contributed by atoms with van der Waals surface area (Å²) in [5.74, 6) is -0.0304. The maximum Gasteiger partial charge on any atom is 0.311 e. The molecule has 2 fully saturated rings. The lowest BCUT2D eigenvalue weighted by molar-refractivity contribution is -0.148. The fraction of sp³-hybridized carbons (Fsp3) is 0.900. The molecule has 0 bridgehead atoms. The Morgan fingerprint density at radius 3 is 3.08 bits per heavy atom. The maximum atomic E-state index is 11.4. The molecule has 0 aromatic carbocycles. The largest absolute Gasteiger partial charge is 0.466 e. The van der Waals surface area contributed by atoms with E-state index in [4.69, 9.17) is 9.47 Å². The second-order valence-electron chi connectivity index (χ2n) is 3.88. The van der Waals surface area contributed by atoms with Gasteiger partial charge in [0.1, 0.15) is 0 Å². The van der Waals surface area contributed by atoms with Crippen LogP contribution in [0.2, 0.25) is 0 Å². The van der Waals surface area contributed by atoms with E-state index < -0.39 is 0 Å². The first-order valence-electron chi connectivity index (χ1n) is 5.09. The Morgan fingerprint density at radius 2 is 2.46 bits per heavy atom. The van der Waals surface area contributed by atoms with E-state index in [0.29, 0.717) is 6.61 Å². The highest BCUT2D eigenvalue weighted by atomic mass is 16.5.